The first kappa shape index (κ1) is 17.3. The van der Waals surface area contributed by atoms with E-state index in [1.807, 2.05) is 37.3 Å². The molecule has 0 spiro atoms. The lowest BCUT2D eigenvalue weighted by Gasteiger charge is -2.27. The van der Waals surface area contributed by atoms with Gasteiger partial charge in [-0.25, -0.2) is 0 Å². The van der Waals surface area contributed by atoms with Crippen LogP contribution in [0.2, 0.25) is 5.02 Å². The number of phenols is 1. The van der Waals surface area contributed by atoms with Gasteiger partial charge in [0.25, 0.3) is 5.91 Å². The van der Waals surface area contributed by atoms with E-state index in [4.69, 9.17) is 11.6 Å². The maximum atomic E-state index is 12.2. The molecule has 1 unspecified atom stereocenters. The lowest BCUT2D eigenvalue weighted by atomic mass is 9.84. The molecule has 4 nitrogen and oxygen atoms in total. The van der Waals surface area contributed by atoms with E-state index in [0.717, 1.165) is 5.56 Å². The highest BCUT2D eigenvalue weighted by Gasteiger charge is 2.25. The molecule has 0 saturated heterocycles. The SMILES string of the molecule is CC(CO)(CNC(=O)c1cc(Cl)ccc1O)Cc1ccccc1. The first-order chi connectivity index (χ1) is 10.9. The van der Waals surface area contributed by atoms with E-state index in [1.165, 1.54) is 18.2 Å². The van der Waals surface area contributed by atoms with Crippen LogP contribution in [0.15, 0.2) is 48.5 Å². The third-order valence-corrected chi connectivity index (χ3v) is 3.97. The van der Waals surface area contributed by atoms with E-state index in [1.54, 1.807) is 0 Å². The van der Waals surface area contributed by atoms with Crippen LogP contribution in [0.5, 0.6) is 5.75 Å². The van der Waals surface area contributed by atoms with Gasteiger partial charge in [0.2, 0.25) is 0 Å². The third-order valence-electron chi connectivity index (χ3n) is 3.73. The topological polar surface area (TPSA) is 69.6 Å². The summed E-state index contributed by atoms with van der Waals surface area (Å²) in [6.07, 6.45) is 0.631. The zero-order valence-corrected chi connectivity index (χ0v) is 13.7. The smallest absolute Gasteiger partial charge is 0.255 e. The van der Waals surface area contributed by atoms with Crippen LogP contribution in [0.25, 0.3) is 0 Å². The first-order valence-electron chi connectivity index (χ1n) is 7.35. The van der Waals surface area contributed by atoms with Gasteiger partial charge in [0.05, 0.1) is 12.2 Å². The molecule has 0 radical (unpaired) electrons. The number of carbonyl (C=O) groups excluding carboxylic acids is 1. The Morgan fingerprint density at radius 2 is 1.91 bits per heavy atom. The second kappa shape index (κ2) is 7.49. The van der Waals surface area contributed by atoms with E-state index in [0.29, 0.717) is 11.4 Å². The minimum atomic E-state index is -0.495. The molecule has 0 aliphatic carbocycles. The summed E-state index contributed by atoms with van der Waals surface area (Å²) >= 11 is 5.85. The zero-order valence-electron chi connectivity index (χ0n) is 12.9. The Kier molecular flexibility index (Phi) is 5.64. The van der Waals surface area contributed by atoms with Crippen molar-refractivity contribution in [2.75, 3.05) is 13.2 Å². The molecular weight excluding hydrogens is 314 g/mol. The number of aliphatic hydroxyl groups is 1. The van der Waals surface area contributed by atoms with E-state index < -0.39 is 11.3 Å². The van der Waals surface area contributed by atoms with Gasteiger partial charge < -0.3 is 15.5 Å². The molecule has 23 heavy (non-hydrogen) atoms. The van der Waals surface area contributed by atoms with Crippen molar-refractivity contribution in [3.05, 3.63) is 64.7 Å². The third kappa shape index (κ3) is 4.71. The fourth-order valence-corrected chi connectivity index (χ4v) is 2.51. The molecule has 2 aromatic carbocycles. The maximum absolute atomic E-state index is 12.2. The Morgan fingerprint density at radius 3 is 2.57 bits per heavy atom. The second-order valence-electron chi connectivity index (χ2n) is 5.98. The Labute approximate surface area is 140 Å². The largest absolute Gasteiger partial charge is 0.507 e. The van der Waals surface area contributed by atoms with E-state index in [2.05, 4.69) is 5.32 Å². The monoisotopic (exact) mass is 333 g/mol. The molecule has 0 heterocycles. The van der Waals surface area contributed by atoms with Crippen LogP contribution in [-0.4, -0.2) is 29.3 Å². The van der Waals surface area contributed by atoms with Crippen molar-refractivity contribution in [2.45, 2.75) is 13.3 Å². The number of rotatable bonds is 6. The molecule has 0 aliphatic heterocycles. The van der Waals surface area contributed by atoms with Gasteiger partial charge in [-0.3, -0.25) is 4.79 Å². The van der Waals surface area contributed by atoms with Crippen LogP contribution in [0, 0.1) is 5.41 Å². The summed E-state index contributed by atoms with van der Waals surface area (Å²) in [5.74, 6) is -0.543. The minimum absolute atomic E-state index is 0.0658. The molecule has 2 rings (SSSR count). The van der Waals surface area contributed by atoms with Crippen molar-refractivity contribution < 1.29 is 15.0 Å². The Morgan fingerprint density at radius 1 is 1.22 bits per heavy atom. The Hall–Kier alpha value is -2.04. The summed E-state index contributed by atoms with van der Waals surface area (Å²) in [6, 6.07) is 14.1. The summed E-state index contributed by atoms with van der Waals surface area (Å²) in [4.78, 5) is 12.2. The van der Waals surface area contributed by atoms with E-state index in [-0.39, 0.29) is 24.5 Å². The van der Waals surface area contributed by atoms with Crippen LogP contribution in [-0.2, 0) is 6.42 Å². The molecule has 1 atom stereocenters. The zero-order chi connectivity index (χ0) is 16.9. The van der Waals surface area contributed by atoms with Crippen LogP contribution >= 0.6 is 11.6 Å². The van der Waals surface area contributed by atoms with E-state index >= 15 is 0 Å². The highest BCUT2D eigenvalue weighted by molar-refractivity contribution is 6.31. The summed E-state index contributed by atoms with van der Waals surface area (Å²) in [5.41, 5.74) is 0.715. The quantitative estimate of drug-likeness (QED) is 0.761. The van der Waals surface area contributed by atoms with Crippen LogP contribution in [0.3, 0.4) is 0 Å². The van der Waals surface area contributed by atoms with Crippen molar-refractivity contribution in [3.8, 4) is 5.75 Å². The first-order valence-corrected chi connectivity index (χ1v) is 7.73. The van der Waals surface area contributed by atoms with Crippen LogP contribution in [0.4, 0.5) is 0 Å². The minimum Gasteiger partial charge on any atom is -0.507 e. The van der Waals surface area contributed by atoms with Crippen molar-refractivity contribution in [2.24, 2.45) is 5.41 Å². The van der Waals surface area contributed by atoms with Gasteiger partial charge in [-0.15, -0.1) is 0 Å². The van der Waals surface area contributed by atoms with Gasteiger partial charge in [0.1, 0.15) is 5.75 Å². The fourth-order valence-electron chi connectivity index (χ4n) is 2.34. The average Bonchev–Trinajstić information content (AvgIpc) is 2.56. The summed E-state index contributed by atoms with van der Waals surface area (Å²) in [7, 11) is 0. The number of hydrogen-bond acceptors (Lipinski definition) is 3. The van der Waals surface area contributed by atoms with Crippen LogP contribution in [0.1, 0.15) is 22.8 Å². The van der Waals surface area contributed by atoms with Crippen molar-refractivity contribution in [3.63, 3.8) is 0 Å². The average molecular weight is 334 g/mol. The van der Waals surface area contributed by atoms with Gasteiger partial charge in [0, 0.05) is 17.0 Å². The molecule has 2 aromatic rings. The summed E-state index contributed by atoms with van der Waals surface area (Å²) in [5, 5.41) is 22.6. The van der Waals surface area contributed by atoms with Crippen LogP contribution < -0.4 is 5.32 Å². The molecule has 0 saturated carbocycles. The van der Waals surface area contributed by atoms with E-state index in [9.17, 15) is 15.0 Å². The van der Waals surface area contributed by atoms with Gasteiger partial charge in [-0.05, 0) is 30.2 Å². The Balaban J connectivity index is 2.04. The lowest BCUT2D eigenvalue weighted by molar-refractivity contribution is 0.0892. The maximum Gasteiger partial charge on any atom is 0.255 e. The standard InChI is InChI=1S/C18H20ClNO3/c1-18(12-21,10-13-5-3-2-4-6-13)11-20-17(23)15-9-14(19)7-8-16(15)22/h2-9,21-22H,10-12H2,1H3,(H,20,23). The summed E-state index contributed by atoms with van der Waals surface area (Å²) in [6.45, 7) is 2.12. The Bertz CT molecular complexity index is 675. The number of benzene rings is 2. The molecule has 0 aliphatic rings. The van der Waals surface area contributed by atoms with Crippen molar-refractivity contribution >= 4 is 17.5 Å². The molecule has 3 N–H and O–H groups in total. The van der Waals surface area contributed by atoms with Crippen molar-refractivity contribution in [1.82, 2.24) is 5.32 Å². The normalized spacial score (nSPS) is 13.3. The highest BCUT2D eigenvalue weighted by atomic mass is 35.5. The van der Waals surface area contributed by atoms with Gasteiger partial charge in [0.15, 0.2) is 0 Å². The number of nitrogens with one attached hydrogen (secondary N) is 1. The number of amides is 1. The number of aliphatic hydroxyl groups excluding tert-OH is 1. The number of phenolic OH excluding ortho intramolecular Hbond substituents is 1. The lowest BCUT2D eigenvalue weighted by Crippen LogP contribution is -2.39. The molecular formula is C18H20ClNO3. The summed E-state index contributed by atoms with van der Waals surface area (Å²) < 4.78 is 0. The predicted molar refractivity (Wildman–Crippen MR) is 90.8 cm³/mol. The van der Waals surface area contributed by atoms with Gasteiger partial charge in [-0.2, -0.15) is 0 Å². The molecule has 0 bridgehead atoms. The number of hydrogen-bond donors (Lipinski definition) is 3. The number of halogens is 1. The second-order valence-corrected chi connectivity index (χ2v) is 6.41. The highest BCUT2D eigenvalue weighted by Crippen LogP contribution is 2.23. The molecule has 5 heteroatoms. The molecule has 0 aromatic heterocycles. The van der Waals surface area contributed by atoms with Gasteiger partial charge in [-0.1, -0.05) is 48.9 Å². The fraction of sp³-hybridized carbons (Fsp3) is 0.278. The molecule has 0 fully saturated rings. The molecule has 122 valence electrons. The number of aromatic hydroxyl groups is 1. The molecule has 1 amide bonds. The number of carbonyl (C=O) groups is 1. The van der Waals surface area contributed by atoms with Gasteiger partial charge >= 0.3 is 0 Å². The predicted octanol–water partition coefficient (Wildman–Crippen LogP) is 3.02. The van der Waals surface area contributed by atoms with Crippen molar-refractivity contribution in [1.29, 1.82) is 0 Å².